The summed E-state index contributed by atoms with van der Waals surface area (Å²) in [6, 6.07) is 5.29. The monoisotopic (exact) mass is 342 g/mol. The van der Waals surface area contributed by atoms with Crippen LogP contribution in [0.5, 0.6) is 0 Å². The van der Waals surface area contributed by atoms with Crippen molar-refractivity contribution in [1.82, 2.24) is 24.9 Å². The summed E-state index contributed by atoms with van der Waals surface area (Å²) in [4.78, 5) is 33.8. The fourth-order valence-electron chi connectivity index (χ4n) is 4.87. The highest BCUT2D eigenvalue weighted by atomic mass is 16.2. The Morgan fingerprint density at radius 1 is 1.12 bits per heavy atom. The summed E-state index contributed by atoms with van der Waals surface area (Å²) in [5.74, 6) is -0.174. The van der Waals surface area contributed by atoms with E-state index in [0.717, 1.165) is 45.2 Å². The van der Waals surface area contributed by atoms with Gasteiger partial charge in [0.2, 0.25) is 5.91 Å². The molecule has 1 aromatic carbocycles. The third kappa shape index (κ3) is 2.48. The summed E-state index contributed by atoms with van der Waals surface area (Å²) in [5, 5.41) is 3.23. The van der Waals surface area contributed by atoms with Crippen molar-refractivity contribution in [1.29, 1.82) is 0 Å². The van der Waals surface area contributed by atoms with Gasteiger partial charge in [-0.25, -0.2) is 0 Å². The zero-order valence-corrected chi connectivity index (χ0v) is 14.1. The molecule has 1 aromatic rings. The van der Waals surface area contributed by atoms with Crippen LogP contribution in [0.1, 0.15) is 15.9 Å². The third-order valence-electron chi connectivity index (χ3n) is 5.53. The number of anilines is 1. The van der Waals surface area contributed by atoms with Crippen LogP contribution in [0.4, 0.5) is 5.69 Å². The standard InChI is InChI=1S/C17H22N6O2/c18-13-1-2-14-12(3-13)4-23(16(14)25)5-15(24)19-17-6-20-9-21(7-17)11-22(8-17)10-20/h1-3H,4-11,18H2,(H,19,24). The SMILES string of the molecule is Nc1ccc2c(c1)CN(CC(=O)NC13CN4CN(CN(C4)C1)C3)C2=O. The molecule has 4 fully saturated rings. The van der Waals surface area contributed by atoms with Crippen LogP contribution in [0.2, 0.25) is 0 Å². The van der Waals surface area contributed by atoms with Gasteiger partial charge in [-0.15, -0.1) is 0 Å². The number of hydrogen-bond donors (Lipinski definition) is 2. The Labute approximate surface area is 146 Å². The molecule has 5 aliphatic heterocycles. The first kappa shape index (κ1) is 15.1. The molecule has 8 heteroatoms. The van der Waals surface area contributed by atoms with Gasteiger partial charge in [-0.05, 0) is 23.8 Å². The van der Waals surface area contributed by atoms with Gasteiger partial charge in [-0.1, -0.05) is 0 Å². The third-order valence-corrected chi connectivity index (χ3v) is 5.53. The van der Waals surface area contributed by atoms with Gasteiger partial charge in [0.25, 0.3) is 5.91 Å². The zero-order valence-electron chi connectivity index (χ0n) is 14.1. The highest BCUT2D eigenvalue weighted by molar-refractivity contribution is 6.00. The average molecular weight is 342 g/mol. The van der Waals surface area contributed by atoms with E-state index in [4.69, 9.17) is 5.73 Å². The van der Waals surface area contributed by atoms with Crippen molar-refractivity contribution in [2.75, 3.05) is 51.9 Å². The number of hydrogen-bond acceptors (Lipinski definition) is 6. The van der Waals surface area contributed by atoms with Crippen LogP contribution in [0.15, 0.2) is 18.2 Å². The maximum Gasteiger partial charge on any atom is 0.254 e. The Kier molecular flexibility index (Phi) is 3.13. The van der Waals surface area contributed by atoms with E-state index in [0.29, 0.717) is 17.8 Å². The van der Waals surface area contributed by atoms with Crippen LogP contribution in [0.25, 0.3) is 0 Å². The maximum atomic E-state index is 12.7. The maximum absolute atomic E-state index is 12.7. The molecule has 6 rings (SSSR count). The van der Waals surface area contributed by atoms with E-state index >= 15 is 0 Å². The first-order chi connectivity index (χ1) is 12.0. The van der Waals surface area contributed by atoms with Crippen molar-refractivity contribution in [2.45, 2.75) is 12.1 Å². The summed E-state index contributed by atoms with van der Waals surface area (Å²) >= 11 is 0. The fraction of sp³-hybridized carbons (Fsp3) is 0.529. The van der Waals surface area contributed by atoms with E-state index in [1.54, 1.807) is 17.0 Å². The van der Waals surface area contributed by atoms with Crippen LogP contribution in [-0.2, 0) is 11.3 Å². The van der Waals surface area contributed by atoms with Gasteiger partial charge < -0.3 is 16.0 Å². The fourth-order valence-corrected chi connectivity index (χ4v) is 4.87. The predicted octanol–water partition coefficient (Wildman–Crippen LogP) is -1.10. The number of nitrogens with one attached hydrogen (secondary N) is 1. The Bertz CT molecular complexity index is 728. The van der Waals surface area contributed by atoms with Crippen LogP contribution in [0, 0.1) is 0 Å². The molecule has 5 aliphatic rings. The molecule has 0 spiro atoms. The Balaban J connectivity index is 1.27. The Morgan fingerprint density at radius 2 is 1.76 bits per heavy atom. The lowest BCUT2D eigenvalue weighted by Gasteiger charge is -2.60. The Hall–Kier alpha value is -2.16. The minimum Gasteiger partial charge on any atom is -0.399 e. The first-order valence-corrected chi connectivity index (χ1v) is 8.65. The molecule has 0 unspecified atom stereocenters. The van der Waals surface area contributed by atoms with Crippen LogP contribution >= 0.6 is 0 Å². The van der Waals surface area contributed by atoms with E-state index in [1.807, 2.05) is 6.07 Å². The minimum absolute atomic E-state index is 0.0836. The van der Waals surface area contributed by atoms with Crippen LogP contribution in [0.3, 0.4) is 0 Å². The highest BCUT2D eigenvalue weighted by Gasteiger charge is 2.49. The van der Waals surface area contributed by atoms with Crippen LogP contribution < -0.4 is 11.1 Å². The van der Waals surface area contributed by atoms with Gasteiger partial charge in [0.15, 0.2) is 0 Å². The Morgan fingerprint density at radius 3 is 2.40 bits per heavy atom. The molecule has 3 N–H and O–H groups in total. The summed E-state index contributed by atoms with van der Waals surface area (Å²) < 4.78 is 0. The number of carbonyl (C=O) groups excluding carboxylic acids is 2. The van der Waals surface area contributed by atoms with Gasteiger partial charge in [0.1, 0.15) is 6.54 Å². The normalized spacial score (nSPS) is 35.1. The average Bonchev–Trinajstić information content (AvgIpc) is 2.80. The number of amides is 2. The number of rotatable bonds is 3. The summed E-state index contributed by atoms with van der Waals surface area (Å²) in [6.45, 7) is 6.14. The largest absolute Gasteiger partial charge is 0.399 e. The summed E-state index contributed by atoms with van der Waals surface area (Å²) in [6.07, 6.45) is 0. The number of fused-ring (bicyclic) bond motifs is 1. The van der Waals surface area contributed by atoms with Crippen molar-refractivity contribution < 1.29 is 9.59 Å². The summed E-state index contributed by atoms with van der Waals surface area (Å²) in [5.41, 5.74) is 7.77. The molecule has 132 valence electrons. The molecule has 0 radical (unpaired) electrons. The number of nitrogens with zero attached hydrogens (tertiary/aromatic N) is 4. The van der Waals surface area contributed by atoms with E-state index < -0.39 is 0 Å². The molecule has 5 heterocycles. The molecule has 0 aliphatic carbocycles. The lowest BCUT2D eigenvalue weighted by atomic mass is 9.91. The predicted molar refractivity (Wildman–Crippen MR) is 91.2 cm³/mol. The van der Waals surface area contributed by atoms with Gasteiger partial charge in [0.05, 0.1) is 25.5 Å². The molecular formula is C17H22N6O2. The second-order valence-corrected chi connectivity index (χ2v) is 7.82. The van der Waals surface area contributed by atoms with E-state index in [9.17, 15) is 9.59 Å². The van der Waals surface area contributed by atoms with Crippen molar-refractivity contribution in [3.05, 3.63) is 29.3 Å². The van der Waals surface area contributed by atoms with Crippen molar-refractivity contribution >= 4 is 17.5 Å². The second-order valence-electron chi connectivity index (χ2n) is 7.82. The number of nitrogen functional groups attached to an aromatic ring is 1. The van der Waals surface area contributed by atoms with Gasteiger partial charge in [-0.3, -0.25) is 24.3 Å². The van der Waals surface area contributed by atoms with Crippen molar-refractivity contribution in [3.8, 4) is 0 Å². The van der Waals surface area contributed by atoms with Crippen molar-refractivity contribution in [3.63, 3.8) is 0 Å². The zero-order chi connectivity index (χ0) is 17.2. The van der Waals surface area contributed by atoms with E-state index in [2.05, 4.69) is 20.0 Å². The molecule has 4 bridgehead atoms. The van der Waals surface area contributed by atoms with E-state index in [1.165, 1.54) is 0 Å². The number of carbonyl (C=O) groups is 2. The van der Waals surface area contributed by atoms with Gasteiger partial charge in [-0.2, -0.15) is 0 Å². The van der Waals surface area contributed by atoms with Crippen molar-refractivity contribution in [2.24, 2.45) is 0 Å². The number of nitrogens with two attached hydrogens (primary N) is 1. The first-order valence-electron chi connectivity index (χ1n) is 8.65. The molecule has 2 amide bonds. The van der Waals surface area contributed by atoms with E-state index in [-0.39, 0.29) is 23.9 Å². The number of benzene rings is 1. The highest BCUT2D eigenvalue weighted by Crippen LogP contribution is 2.29. The second kappa shape index (κ2) is 5.17. The van der Waals surface area contributed by atoms with Gasteiger partial charge >= 0.3 is 0 Å². The molecule has 0 saturated carbocycles. The molecule has 0 atom stereocenters. The molecule has 8 nitrogen and oxygen atoms in total. The molecule has 4 saturated heterocycles. The lowest BCUT2D eigenvalue weighted by molar-refractivity contribution is -0.157. The molecule has 25 heavy (non-hydrogen) atoms. The van der Waals surface area contributed by atoms with Gasteiger partial charge in [0, 0.05) is 37.4 Å². The van der Waals surface area contributed by atoms with Crippen LogP contribution in [-0.4, -0.2) is 83.1 Å². The minimum atomic E-state index is -0.216. The smallest absolute Gasteiger partial charge is 0.254 e. The quantitative estimate of drug-likeness (QED) is 0.679. The lowest BCUT2D eigenvalue weighted by Crippen LogP contribution is -2.80. The molecule has 0 aromatic heterocycles. The summed E-state index contributed by atoms with van der Waals surface area (Å²) in [7, 11) is 0. The topological polar surface area (TPSA) is 85.2 Å². The molecular weight excluding hydrogens is 320 g/mol.